The average molecular weight is 465 g/mol. The van der Waals surface area contributed by atoms with Gasteiger partial charge in [0.1, 0.15) is 12.1 Å². The van der Waals surface area contributed by atoms with Crippen LogP contribution in [0.25, 0.3) is 0 Å². The molecule has 0 saturated carbocycles. The van der Waals surface area contributed by atoms with Crippen molar-refractivity contribution in [3.63, 3.8) is 0 Å². The van der Waals surface area contributed by atoms with Crippen molar-refractivity contribution in [2.45, 2.75) is 19.0 Å². The number of halogens is 2. The van der Waals surface area contributed by atoms with Crippen LogP contribution in [-0.2, 0) is 21.7 Å². The summed E-state index contributed by atoms with van der Waals surface area (Å²) in [6, 6.07) is 13.7. The molecule has 0 aliphatic carbocycles. The van der Waals surface area contributed by atoms with E-state index in [9.17, 15) is 14.4 Å². The number of urea groups is 1. The topological polar surface area (TPSA) is 69.7 Å². The summed E-state index contributed by atoms with van der Waals surface area (Å²) in [7, 11) is 1.62. The number of carbonyl (C=O) groups is 3. The van der Waals surface area contributed by atoms with Gasteiger partial charge in [0.2, 0.25) is 5.91 Å². The number of rotatable bonds is 5. The van der Waals surface area contributed by atoms with Crippen molar-refractivity contribution in [3.05, 3.63) is 69.2 Å². The molecule has 1 aliphatic rings. The predicted molar refractivity (Wildman–Crippen MR) is 110 cm³/mol. The van der Waals surface area contributed by atoms with Crippen LogP contribution in [-0.4, -0.2) is 41.2 Å². The van der Waals surface area contributed by atoms with Crippen LogP contribution in [0.1, 0.15) is 18.1 Å². The van der Waals surface area contributed by atoms with E-state index in [0.717, 1.165) is 14.9 Å². The first-order chi connectivity index (χ1) is 13.2. The van der Waals surface area contributed by atoms with Gasteiger partial charge >= 0.3 is 6.03 Å². The third-order valence-corrected chi connectivity index (χ3v) is 5.43. The van der Waals surface area contributed by atoms with E-state index < -0.39 is 17.5 Å². The van der Waals surface area contributed by atoms with E-state index >= 15 is 0 Å². The van der Waals surface area contributed by atoms with Gasteiger partial charge in [0.15, 0.2) is 0 Å². The molecular formula is C20H19BrClN3O3. The number of nitrogens with zero attached hydrogens (tertiary/aromatic N) is 2. The largest absolute Gasteiger partial charge is 0.340 e. The Kier molecular flexibility index (Phi) is 5.76. The first-order valence-corrected chi connectivity index (χ1v) is 9.76. The van der Waals surface area contributed by atoms with Crippen molar-refractivity contribution < 1.29 is 14.4 Å². The smallest absolute Gasteiger partial charge is 0.325 e. The van der Waals surface area contributed by atoms with Crippen LogP contribution in [0.5, 0.6) is 0 Å². The SMILES string of the molecule is CN(Cc1cccc(Cl)c1)C(=O)CN1C(=O)N[C@](C)(c2cccc(Br)c2)C1=O. The van der Waals surface area contributed by atoms with Gasteiger partial charge in [-0.3, -0.25) is 14.5 Å². The van der Waals surface area contributed by atoms with E-state index in [-0.39, 0.29) is 12.5 Å². The van der Waals surface area contributed by atoms with Gasteiger partial charge in [-0.1, -0.05) is 51.8 Å². The molecule has 4 amide bonds. The molecule has 0 bridgehead atoms. The minimum absolute atomic E-state index is 0.325. The number of hydrogen-bond acceptors (Lipinski definition) is 3. The zero-order chi connectivity index (χ0) is 20.5. The Morgan fingerprint density at radius 2 is 1.93 bits per heavy atom. The van der Waals surface area contributed by atoms with Gasteiger partial charge in [0.05, 0.1) is 0 Å². The quantitative estimate of drug-likeness (QED) is 0.688. The maximum Gasteiger partial charge on any atom is 0.325 e. The van der Waals surface area contributed by atoms with Crippen LogP contribution in [0.4, 0.5) is 4.79 Å². The molecule has 8 heteroatoms. The highest BCUT2D eigenvalue weighted by atomic mass is 79.9. The maximum absolute atomic E-state index is 12.9. The summed E-state index contributed by atoms with van der Waals surface area (Å²) in [6.07, 6.45) is 0. The monoisotopic (exact) mass is 463 g/mol. The fourth-order valence-corrected chi connectivity index (χ4v) is 3.70. The number of hydrogen-bond donors (Lipinski definition) is 1. The molecule has 0 aromatic heterocycles. The van der Waals surface area contributed by atoms with Crippen LogP contribution in [0.2, 0.25) is 5.02 Å². The van der Waals surface area contributed by atoms with Crippen LogP contribution in [0.3, 0.4) is 0 Å². The van der Waals surface area contributed by atoms with Crippen molar-refractivity contribution in [2.24, 2.45) is 0 Å². The van der Waals surface area contributed by atoms with Crippen molar-refractivity contribution in [3.8, 4) is 0 Å². The van der Waals surface area contributed by atoms with Crippen molar-refractivity contribution >= 4 is 45.4 Å². The fourth-order valence-electron chi connectivity index (χ4n) is 3.09. The van der Waals surface area contributed by atoms with Gasteiger partial charge in [-0.05, 0) is 42.3 Å². The lowest BCUT2D eigenvalue weighted by Gasteiger charge is -2.23. The van der Waals surface area contributed by atoms with Gasteiger partial charge in [-0.2, -0.15) is 0 Å². The summed E-state index contributed by atoms with van der Waals surface area (Å²) < 4.78 is 0.795. The number of amides is 4. The summed E-state index contributed by atoms with van der Waals surface area (Å²) >= 11 is 9.34. The van der Waals surface area contributed by atoms with Crippen molar-refractivity contribution in [1.82, 2.24) is 15.1 Å². The van der Waals surface area contributed by atoms with Crippen molar-refractivity contribution in [2.75, 3.05) is 13.6 Å². The molecule has 1 aliphatic heterocycles. The van der Waals surface area contributed by atoms with Gasteiger partial charge in [-0.15, -0.1) is 0 Å². The molecule has 2 aromatic rings. The highest BCUT2D eigenvalue weighted by Gasteiger charge is 2.49. The Balaban J connectivity index is 1.72. The number of carbonyl (C=O) groups excluding carboxylic acids is 3. The lowest BCUT2D eigenvalue weighted by atomic mass is 9.92. The third kappa shape index (κ3) is 4.05. The number of nitrogens with one attached hydrogen (secondary N) is 1. The molecule has 1 saturated heterocycles. The summed E-state index contributed by atoms with van der Waals surface area (Å²) in [6.45, 7) is 1.63. The number of imide groups is 1. The summed E-state index contributed by atoms with van der Waals surface area (Å²) in [5.41, 5.74) is 0.286. The van der Waals surface area contributed by atoms with E-state index in [1.165, 1.54) is 4.90 Å². The van der Waals surface area contributed by atoms with Gasteiger partial charge in [0, 0.05) is 23.1 Å². The second-order valence-electron chi connectivity index (χ2n) is 6.84. The Hall–Kier alpha value is -2.38. The van der Waals surface area contributed by atoms with E-state index in [2.05, 4.69) is 21.2 Å². The standard InChI is InChI=1S/C20H19BrClN3O3/c1-20(14-6-4-7-15(21)10-14)18(27)25(19(28)23-20)12-17(26)24(2)11-13-5-3-8-16(22)9-13/h3-10H,11-12H2,1-2H3,(H,23,28)/t20-/m1/s1. The lowest BCUT2D eigenvalue weighted by Crippen LogP contribution is -2.43. The first-order valence-electron chi connectivity index (χ1n) is 8.59. The van der Waals surface area contributed by atoms with Gasteiger partial charge in [-0.25, -0.2) is 4.79 Å². The molecule has 146 valence electrons. The first kappa shape index (κ1) is 20.4. The number of benzene rings is 2. The molecule has 0 unspecified atom stereocenters. The summed E-state index contributed by atoms with van der Waals surface area (Å²) in [5, 5.41) is 3.28. The Labute approximate surface area is 176 Å². The van der Waals surface area contributed by atoms with Crippen LogP contribution < -0.4 is 5.32 Å². The second kappa shape index (κ2) is 7.93. The van der Waals surface area contributed by atoms with E-state index in [0.29, 0.717) is 17.1 Å². The minimum Gasteiger partial charge on any atom is -0.340 e. The molecule has 0 radical (unpaired) electrons. The highest BCUT2D eigenvalue weighted by molar-refractivity contribution is 9.10. The van der Waals surface area contributed by atoms with Gasteiger partial charge < -0.3 is 10.2 Å². The normalized spacial score (nSPS) is 18.9. The van der Waals surface area contributed by atoms with Crippen LogP contribution in [0.15, 0.2) is 53.0 Å². The van der Waals surface area contributed by atoms with Crippen LogP contribution in [0, 0.1) is 0 Å². The molecule has 1 N–H and O–H groups in total. The van der Waals surface area contributed by atoms with Gasteiger partial charge in [0.25, 0.3) is 5.91 Å². The Bertz CT molecular complexity index is 952. The Morgan fingerprint density at radius 3 is 2.61 bits per heavy atom. The molecule has 1 atom stereocenters. The minimum atomic E-state index is -1.22. The Morgan fingerprint density at radius 1 is 1.21 bits per heavy atom. The lowest BCUT2D eigenvalue weighted by molar-refractivity contribution is -0.138. The molecule has 1 heterocycles. The molecule has 0 spiro atoms. The third-order valence-electron chi connectivity index (χ3n) is 4.70. The molecule has 28 heavy (non-hydrogen) atoms. The van der Waals surface area contributed by atoms with E-state index in [1.807, 2.05) is 12.1 Å². The van der Waals surface area contributed by atoms with E-state index in [4.69, 9.17) is 11.6 Å². The van der Waals surface area contributed by atoms with Crippen molar-refractivity contribution in [1.29, 1.82) is 0 Å². The summed E-state index contributed by atoms with van der Waals surface area (Å²) in [4.78, 5) is 40.4. The van der Waals surface area contributed by atoms with Crippen LogP contribution >= 0.6 is 27.5 Å². The number of likely N-dealkylation sites (N-methyl/N-ethyl adjacent to an activating group) is 1. The predicted octanol–water partition coefficient (Wildman–Crippen LogP) is 3.53. The maximum atomic E-state index is 12.9. The molecule has 3 rings (SSSR count). The summed E-state index contributed by atoms with van der Waals surface area (Å²) in [5.74, 6) is -0.804. The zero-order valence-corrected chi connectivity index (χ0v) is 17.8. The molecule has 2 aromatic carbocycles. The molecule has 1 fully saturated rings. The molecular weight excluding hydrogens is 446 g/mol. The molecule has 6 nitrogen and oxygen atoms in total. The fraction of sp³-hybridized carbons (Fsp3) is 0.250. The second-order valence-corrected chi connectivity index (χ2v) is 8.19. The highest BCUT2D eigenvalue weighted by Crippen LogP contribution is 2.30. The zero-order valence-electron chi connectivity index (χ0n) is 15.4. The average Bonchev–Trinajstić information content (AvgIpc) is 2.86. The van der Waals surface area contributed by atoms with E-state index in [1.54, 1.807) is 50.4 Å².